The Morgan fingerprint density at radius 3 is 2.23 bits per heavy atom. The van der Waals surface area contributed by atoms with Gasteiger partial charge in [-0.3, -0.25) is 4.99 Å². The van der Waals surface area contributed by atoms with E-state index in [0.717, 1.165) is 50.6 Å². The Hall–Kier alpha value is -0.740. The van der Waals surface area contributed by atoms with Crippen LogP contribution in [0, 0.1) is 20.8 Å². The highest BCUT2D eigenvalue weighted by molar-refractivity contribution is 14.0. The van der Waals surface area contributed by atoms with E-state index in [4.69, 9.17) is 0 Å². The first-order valence-electron chi connectivity index (χ1n) is 8.93. The molecular weight excluding hydrogens is 477 g/mol. The molecule has 2 rings (SSSR count). The molecule has 2 aromatic heterocycles. The van der Waals surface area contributed by atoms with E-state index in [-0.39, 0.29) is 24.0 Å². The molecule has 5 nitrogen and oxygen atoms in total. The van der Waals surface area contributed by atoms with Crippen molar-refractivity contribution in [2.75, 3.05) is 19.6 Å². The topological polar surface area (TPSA) is 62.2 Å². The van der Waals surface area contributed by atoms with Crippen LogP contribution in [0.15, 0.2) is 4.99 Å². The summed E-state index contributed by atoms with van der Waals surface area (Å²) >= 11 is 3.58. The highest BCUT2D eigenvalue weighted by Crippen LogP contribution is 2.18. The minimum Gasteiger partial charge on any atom is -0.357 e. The molecule has 0 fully saturated rings. The summed E-state index contributed by atoms with van der Waals surface area (Å²) < 4.78 is 0. The van der Waals surface area contributed by atoms with Gasteiger partial charge in [0.15, 0.2) is 5.96 Å². The molecule has 2 N–H and O–H groups in total. The van der Waals surface area contributed by atoms with Crippen molar-refractivity contribution < 1.29 is 0 Å². The number of aliphatic imine (C=N–C) groups is 1. The molecule has 0 aliphatic heterocycles. The third-order valence-electron chi connectivity index (χ3n) is 3.92. The monoisotopic (exact) mass is 507 g/mol. The average molecular weight is 508 g/mol. The summed E-state index contributed by atoms with van der Waals surface area (Å²) in [6.07, 6.45) is 2.83. The van der Waals surface area contributed by atoms with Crippen molar-refractivity contribution in [3.63, 3.8) is 0 Å². The molecular formula is C18H30IN5S2. The van der Waals surface area contributed by atoms with Gasteiger partial charge in [-0.1, -0.05) is 6.92 Å². The third-order valence-corrected chi connectivity index (χ3v) is 6.12. The van der Waals surface area contributed by atoms with Crippen LogP contribution < -0.4 is 10.6 Å². The Morgan fingerprint density at radius 2 is 1.65 bits per heavy atom. The van der Waals surface area contributed by atoms with Crippen molar-refractivity contribution in [2.24, 2.45) is 4.99 Å². The molecule has 2 heterocycles. The van der Waals surface area contributed by atoms with Gasteiger partial charge in [-0.25, -0.2) is 9.97 Å². The number of hydrogen-bond donors (Lipinski definition) is 2. The largest absolute Gasteiger partial charge is 0.357 e. The van der Waals surface area contributed by atoms with Gasteiger partial charge in [0.1, 0.15) is 0 Å². The van der Waals surface area contributed by atoms with Crippen LogP contribution in [0.4, 0.5) is 0 Å². The predicted octanol–water partition coefficient (Wildman–Crippen LogP) is 4.05. The van der Waals surface area contributed by atoms with Crippen LogP contribution in [0.25, 0.3) is 0 Å². The van der Waals surface area contributed by atoms with Gasteiger partial charge in [0.05, 0.1) is 21.4 Å². The quantitative estimate of drug-likeness (QED) is 0.322. The summed E-state index contributed by atoms with van der Waals surface area (Å²) in [6, 6.07) is 0. The summed E-state index contributed by atoms with van der Waals surface area (Å²) in [4.78, 5) is 16.6. The van der Waals surface area contributed by atoms with Crippen molar-refractivity contribution in [1.29, 1.82) is 0 Å². The molecule has 8 heteroatoms. The van der Waals surface area contributed by atoms with Crippen LogP contribution in [-0.2, 0) is 19.3 Å². The Bertz CT molecular complexity index is 689. The van der Waals surface area contributed by atoms with Gasteiger partial charge in [0.25, 0.3) is 0 Å². The summed E-state index contributed by atoms with van der Waals surface area (Å²) in [5.41, 5.74) is 2.37. The SMILES string of the molecule is CCNC(=NCCc1nc(CC)c(C)s1)NCCc1nc(C)c(C)s1.I. The average Bonchev–Trinajstić information content (AvgIpc) is 3.09. The molecule has 2 aromatic rings. The summed E-state index contributed by atoms with van der Waals surface area (Å²) in [5, 5.41) is 9.07. The first-order chi connectivity index (χ1) is 12.0. The molecule has 0 atom stereocenters. The second-order valence-corrected chi connectivity index (χ2v) is 8.48. The van der Waals surface area contributed by atoms with E-state index in [1.165, 1.54) is 25.5 Å². The van der Waals surface area contributed by atoms with E-state index in [1.807, 2.05) is 0 Å². The lowest BCUT2D eigenvalue weighted by atomic mass is 10.3. The number of guanidine groups is 1. The van der Waals surface area contributed by atoms with Crippen LogP contribution in [0.2, 0.25) is 0 Å². The Kier molecular flexibility index (Phi) is 10.6. The number of rotatable bonds is 8. The van der Waals surface area contributed by atoms with Crippen molar-refractivity contribution in [2.45, 2.75) is 53.9 Å². The third kappa shape index (κ3) is 7.11. The van der Waals surface area contributed by atoms with Crippen LogP contribution >= 0.6 is 46.7 Å². The smallest absolute Gasteiger partial charge is 0.191 e. The number of aryl methyl sites for hydroxylation is 4. The molecule has 0 aliphatic rings. The summed E-state index contributed by atoms with van der Waals surface area (Å²) in [6.45, 7) is 13.0. The maximum Gasteiger partial charge on any atom is 0.191 e. The molecule has 0 bridgehead atoms. The minimum absolute atomic E-state index is 0. The lowest BCUT2D eigenvalue weighted by Crippen LogP contribution is -2.38. The number of hydrogen-bond acceptors (Lipinski definition) is 5. The zero-order valence-electron chi connectivity index (χ0n) is 16.3. The van der Waals surface area contributed by atoms with Crippen LogP contribution in [0.5, 0.6) is 0 Å². The van der Waals surface area contributed by atoms with Crippen molar-refractivity contribution in [1.82, 2.24) is 20.6 Å². The fourth-order valence-corrected chi connectivity index (χ4v) is 4.41. The Labute approximate surface area is 182 Å². The van der Waals surface area contributed by atoms with Gasteiger partial charge in [-0.15, -0.1) is 46.7 Å². The molecule has 0 spiro atoms. The van der Waals surface area contributed by atoms with E-state index >= 15 is 0 Å². The standard InChI is InChI=1S/C18H29N5S2.HI/c1-6-15-14(5)25-17(23-15)9-11-21-18(19-7-2)20-10-8-16-22-12(3)13(4)24-16;/h6-11H2,1-5H3,(H2,19,20,21);1H. The van der Waals surface area contributed by atoms with E-state index in [0.29, 0.717) is 0 Å². The zero-order chi connectivity index (χ0) is 18.2. The maximum atomic E-state index is 4.69. The summed E-state index contributed by atoms with van der Waals surface area (Å²) in [7, 11) is 0. The highest BCUT2D eigenvalue weighted by atomic mass is 127. The normalized spacial score (nSPS) is 11.3. The number of nitrogens with one attached hydrogen (secondary N) is 2. The number of aromatic nitrogens is 2. The van der Waals surface area contributed by atoms with E-state index in [1.54, 1.807) is 22.7 Å². The zero-order valence-corrected chi connectivity index (χ0v) is 20.3. The van der Waals surface area contributed by atoms with Gasteiger partial charge in [-0.2, -0.15) is 0 Å². The van der Waals surface area contributed by atoms with Crippen molar-refractivity contribution in [3.05, 3.63) is 31.2 Å². The van der Waals surface area contributed by atoms with Gasteiger partial charge < -0.3 is 10.6 Å². The Balaban J connectivity index is 0.00000338. The number of halogens is 1. The van der Waals surface area contributed by atoms with Crippen LogP contribution in [0.1, 0.15) is 45.0 Å². The van der Waals surface area contributed by atoms with Gasteiger partial charge in [0, 0.05) is 42.2 Å². The van der Waals surface area contributed by atoms with Crippen molar-refractivity contribution >= 4 is 52.6 Å². The van der Waals surface area contributed by atoms with Crippen molar-refractivity contribution in [3.8, 4) is 0 Å². The van der Waals surface area contributed by atoms with Gasteiger partial charge >= 0.3 is 0 Å². The first-order valence-corrected chi connectivity index (χ1v) is 10.6. The second-order valence-electron chi connectivity index (χ2n) is 5.90. The lowest BCUT2D eigenvalue weighted by Gasteiger charge is -2.10. The fourth-order valence-electron chi connectivity index (χ4n) is 2.46. The molecule has 0 unspecified atom stereocenters. The van der Waals surface area contributed by atoms with E-state index in [9.17, 15) is 0 Å². The molecule has 0 saturated heterocycles. The predicted molar refractivity (Wildman–Crippen MR) is 125 cm³/mol. The van der Waals surface area contributed by atoms with E-state index in [2.05, 4.69) is 60.2 Å². The van der Waals surface area contributed by atoms with Gasteiger partial charge in [-0.05, 0) is 34.1 Å². The van der Waals surface area contributed by atoms with Crippen LogP contribution in [-0.4, -0.2) is 35.6 Å². The highest BCUT2D eigenvalue weighted by Gasteiger charge is 2.06. The molecule has 0 aliphatic carbocycles. The summed E-state index contributed by atoms with van der Waals surface area (Å²) in [5.74, 6) is 0.872. The number of nitrogens with zero attached hydrogens (tertiary/aromatic N) is 3. The fraction of sp³-hybridized carbons (Fsp3) is 0.611. The first kappa shape index (κ1) is 23.3. The Morgan fingerprint density at radius 1 is 0.962 bits per heavy atom. The lowest BCUT2D eigenvalue weighted by molar-refractivity contribution is 0.792. The molecule has 146 valence electrons. The molecule has 0 amide bonds. The molecule has 0 saturated carbocycles. The molecule has 0 aromatic carbocycles. The van der Waals surface area contributed by atoms with Gasteiger partial charge in [0.2, 0.25) is 0 Å². The second kappa shape index (κ2) is 11.9. The van der Waals surface area contributed by atoms with E-state index < -0.39 is 0 Å². The molecule has 26 heavy (non-hydrogen) atoms. The maximum absolute atomic E-state index is 4.69. The number of thiazole rings is 2. The minimum atomic E-state index is 0. The molecule has 0 radical (unpaired) electrons. The van der Waals surface area contributed by atoms with Crippen LogP contribution in [0.3, 0.4) is 0 Å².